The predicted molar refractivity (Wildman–Crippen MR) is 125 cm³/mol. The van der Waals surface area contributed by atoms with E-state index in [9.17, 15) is 4.79 Å². The summed E-state index contributed by atoms with van der Waals surface area (Å²) in [5, 5.41) is 3.42. The Morgan fingerprint density at radius 3 is 2.13 bits per heavy atom. The number of halogens is 1. The van der Waals surface area contributed by atoms with Crippen LogP contribution in [0.1, 0.15) is 36.6 Å². The summed E-state index contributed by atoms with van der Waals surface area (Å²) in [6.45, 7) is 4.35. The van der Waals surface area contributed by atoms with Crippen molar-refractivity contribution in [2.45, 2.75) is 19.9 Å². The van der Waals surface area contributed by atoms with E-state index in [0.717, 1.165) is 22.4 Å². The van der Waals surface area contributed by atoms with Crippen molar-refractivity contribution in [3.05, 3.63) is 101 Å². The maximum atomic E-state index is 11.1. The highest BCUT2D eigenvalue weighted by atomic mass is 35.5. The van der Waals surface area contributed by atoms with E-state index in [-0.39, 0.29) is 12.1 Å². The molecular formula is C26H26ClNO3. The van der Waals surface area contributed by atoms with E-state index < -0.39 is 0 Å². The molecule has 31 heavy (non-hydrogen) atoms. The fourth-order valence-corrected chi connectivity index (χ4v) is 2.85. The van der Waals surface area contributed by atoms with Crippen LogP contribution in [0.25, 0.3) is 0 Å². The Balaban J connectivity index is 0.000000286. The number of amides is 1. The maximum Gasteiger partial charge on any atom is 0.407 e. The number of nitrogens with one attached hydrogen (secondary N) is 1. The summed E-state index contributed by atoms with van der Waals surface area (Å²) in [4.78, 5) is 11.1. The van der Waals surface area contributed by atoms with Gasteiger partial charge in [-0.2, -0.15) is 0 Å². The van der Waals surface area contributed by atoms with E-state index in [1.807, 2.05) is 92.7 Å². The van der Waals surface area contributed by atoms with Crippen LogP contribution in [0.4, 0.5) is 4.79 Å². The van der Waals surface area contributed by atoms with Crippen LogP contribution in [-0.2, 0) is 4.74 Å². The molecule has 1 aliphatic heterocycles. The summed E-state index contributed by atoms with van der Waals surface area (Å²) in [5.74, 6) is 7.09. The first kappa shape index (κ1) is 23.9. The van der Waals surface area contributed by atoms with E-state index in [1.165, 1.54) is 0 Å². The molecule has 0 radical (unpaired) electrons. The molecular weight excluding hydrogens is 410 g/mol. The average molecular weight is 436 g/mol. The third-order valence-corrected chi connectivity index (χ3v) is 4.35. The quantitative estimate of drug-likeness (QED) is 0.484. The Hall–Kier alpha value is -3.42. The highest BCUT2D eigenvalue weighted by Gasteiger charge is 2.23. The van der Waals surface area contributed by atoms with Crippen LogP contribution in [0.3, 0.4) is 0 Å². The lowest BCUT2D eigenvalue weighted by Crippen LogP contribution is -2.18. The molecule has 0 spiro atoms. The number of para-hydroxylation sites is 1. The van der Waals surface area contributed by atoms with Crippen molar-refractivity contribution in [3.8, 4) is 17.6 Å². The number of benzene rings is 3. The van der Waals surface area contributed by atoms with Crippen molar-refractivity contribution in [1.29, 1.82) is 0 Å². The first-order valence-electron chi connectivity index (χ1n) is 10.0. The van der Waals surface area contributed by atoms with Gasteiger partial charge in [0.05, 0.1) is 13.2 Å². The zero-order chi connectivity index (χ0) is 22.5. The van der Waals surface area contributed by atoms with Gasteiger partial charge in [-0.1, -0.05) is 73.7 Å². The van der Waals surface area contributed by atoms with Gasteiger partial charge in [0, 0.05) is 16.1 Å². The van der Waals surface area contributed by atoms with Gasteiger partial charge in [0.2, 0.25) is 0 Å². The SMILES string of the molecule is CC.COc1ccccc1.O=C1N[C@H](c2cccc(C#Cc3cccc(Cl)c3)c2)CO1. The lowest BCUT2D eigenvalue weighted by atomic mass is 10.0. The lowest BCUT2D eigenvalue weighted by molar-refractivity contribution is 0.177. The van der Waals surface area contributed by atoms with Crippen molar-refractivity contribution < 1.29 is 14.3 Å². The van der Waals surface area contributed by atoms with Gasteiger partial charge < -0.3 is 14.8 Å². The number of carbonyl (C=O) groups excluding carboxylic acids is 1. The van der Waals surface area contributed by atoms with Crippen molar-refractivity contribution in [1.82, 2.24) is 5.32 Å². The normalized spacial score (nSPS) is 13.7. The molecule has 0 bridgehead atoms. The number of ether oxygens (including phenoxy) is 2. The van der Waals surface area contributed by atoms with E-state index in [0.29, 0.717) is 11.6 Å². The molecule has 160 valence electrons. The summed E-state index contributed by atoms with van der Waals surface area (Å²) in [6, 6.07) is 24.7. The number of alkyl carbamates (subject to hydrolysis) is 1. The number of carbonyl (C=O) groups is 1. The van der Waals surface area contributed by atoms with Gasteiger partial charge >= 0.3 is 6.09 Å². The third kappa shape index (κ3) is 8.08. The van der Waals surface area contributed by atoms with Gasteiger partial charge in [-0.15, -0.1) is 0 Å². The van der Waals surface area contributed by atoms with Crippen LogP contribution < -0.4 is 10.1 Å². The molecule has 1 N–H and O–H groups in total. The Kier molecular flexibility index (Phi) is 10.0. The number of hydrogen-bond acceptors (Lipinski definition) is 3. The van der Waals surface area contributed by atoms with E-state index >= 15 is 0 Å². The number of hydrogen-bond donors (Lipinski definition) is 1. The zero-order valence-electron chi connectivity index (χ0n) is 17.9. The van der Waals surface area contributed by atoms with Crippen LogP contribution in [-0.4, -0.2) is 19.8 Å². The lowest BCUT2D eigenvalue weighted by Gasteiger charge is -2.07. The van der Waals surface area contributed by atoms with Gasteiger partial charge in [0.15, 0.2) is 0 Å². The van der Waals surface area contributed by atoms with Crippen LogP contribution >= 0.6 is 11.6 Å². The zero-order valence-corrected chi connectivity index (χ0v) is 18.6. The average Bonchev–Trinajstić information content (AvgIpc) is 3.27. The second-order valence-corrected chi connectivity index (χ2v) is 6.63. The summed E-state index contributed by atoms with van der Waals surface area (Å²) < 4.78 is 9.82. The van der Waals surface area contributed by atoms with Crippen LogP contribution in [0.15, 0.2) is 78.9 Å². The molecule has 0 saturated carbocycles. The Bertz CT molecular complexity index is 1030. The second-order valence-electron chi connectivity index (χ2n) is 6.20. The molecule has 1 fully saturated rings. The van der Waals surface area contributed by atoms with Gasteiger partial charge in [-0.25, -0.2) is 4.79 Å². The van der Waals surface area contributed by atoms with Gasteiger partial charge in [-0.05, 0) is 48.0 Å². The Morgan fingerprint density at radius 1 is 0.935 bits per heavy atom. The summed E-state index contributed by atoms with van der Waals surface area (Å²) >= 11 is 5.93. The molecule has 1 saturated heterocycles. The largest absolute Gasteiger partial charge is 0.497 e. The molecule has 4 rings (SSSR count). The van der Waals surface area contributed by atoms with Crippen molar-refractivity contribution in [2.75, 3.05) is 13.7 Å². The molecule has 3 aromatic carbocycles. The minimum absolute atomic E-state index is 0.106. The van der Waals surface area contributed by atoms with Crippen LogP contribution in [0, 0.1) is 11.8 Å². The summed E-state index contributed by atoms with van der Waals surface area (Å²) in [6.07, 6.45) is -0.379. The molecule has 3 aromatic rings. The molecule has 1 aliphatic rings. The minimum atomic E-state index is -0.379. The standard InChI is InChI=1S/C17H12ClNO2.C7H8O.C2H6/c18-15-6-2-4-13(10-15)8-7-12-3-1-5-14(9-12)16-11-21-17(20)19-16;1-8-7-5-3-2-4-6-7;1-2/h1-6,9-10,16H,11H2,(H,19,20);2-6H,1H3;1-2H3/t16-;;/m0../s1. The predicted octanol–water partition coefficient (Wildman–Crippen LogP) is 6.24. The molecule has 5 heteroatoms. The Morgan fingerprint density at radius 2 is 1.58 bits per heavy atom. The molecule has 4 nitrogen and oxygen atoms in total. The minimum Gasteiger partial charge on any atom is -0.497 e. The molecule has 0 aliphatic carbocycles. The van der Waals surface area contributed by atoms with E-state index in [4.69, 9.17) is 21.1 Å². The van der Waals surface area contributed by atoms with Crippen molar-refractivity contribution >= 4 is 17.7 Å². The first-order chi connectivity index (χ1) is 15.1. The maximum absolute atomic E-state index is 11.1. The van der Waals surface area contributed by atoms with Crippen LogP contribution in [0.2, 0.25) is 5.02 Å². The molecule has 1 atom stereocenters. The third-order valence-electron chi connectivity index (χ3n) is 4.12. The summed E-state index contributed by atoms with van der Waals surface area (Å²) in [7, 11) is 1.66. The van der Waals surface area contributed by atoms with Crippen LogP contribution in [0.5, 0.6) is 5.75 Å². The van der Waals surface area contributed by atoms with Crippen molar-refractivity contribution in [3.63, 3.8) is 0 Å². The molecule has 1 heterocycles. The molecule has 1 amide bonds. The van der Waals surface area contributed by atoms with E-state index in [2.05, 4.69) is 17.2 Å². The number of methoxy groups -OCH3 is 1. The second kappa shape index (κ2) is 13.0. The Labute approximate surface area is 189 Å². The molecule has 0 aromatic heterocycles. The van der Waals surface area contributed by atoms with E-state index in [1.54, 1.807) is 7.11 Å². The number of cyclic esters (lactones) is 1. The monoisotopic (exact) mass is 435 g/mol. The smallest absolute Gasteiger partial charge is 0.407 e. The van der Waals surface area contributed by atoms with Crippen molar-refractivity contribution in [2.24, 2.45) is 0 Å². The molecule has 0 unspecified atom stereocenters. The summed E-state index contributed by atoms with van der Waals surface area (Å²) in [5.41, 5.74) is 2.73. The van der Waals surface area contributed by atoms with Gasteiger partial charge in [-0.3, -0.25) is 0 Å². The fraction of sp³-hybridized carbons (Fsp3) is 0.192. The van der Waals surface area contributed by atoms with Gasteiger partial charge in [0.25, 0.3) is 0 Å². The number of rotatable bonds is 2. The topological polar surface area (TPSA) is 47.6 Å². The first-order valence-corrected chi connectivity index (χ1v) is 10.4. The fourth-order valence-electron chi connectivity index (χ4n) is 2.66. The van der Waals surface area contributed by atoms with Gasteiger partial charge in [0.1, 0.15) is 12.4 Å². The highest BCUT2D eigenvalue weighted by Crippen LogP contribution is 2.19. The highest BCUT2D eigenvalue weighted by molar-refractivity contribution is 6.30.